The lowest BCUT2D eigenvalue weighted by atomic mass is 10.1. The molecule has 2 aromatic rings. The Balaban J connectivity index is 2.74. The second kappa shape index (κ2) is 4.49. The Bertz CT molecular complexity index is 480. The molecule has 0 N–H and O–H groups in total. The van der Waals surface area contributed by atoms with Crippen LogP contribution in [-0.4, -0.2) is 0 Å². The van der Waals surface area contributed by atoms with Crippen molar-refractivity contribution in [1.82, 2.24) is 0 Å². The van der Waals surface area contributed by atoms with Gasteiger partial charge in [-0.2, -0.15) is 0 Å². The number of rotatable bonds is 1. The molecule has 72 valence electrons. The monoisotopic (exact) mass is 424 g/mol. The minimum Gasteiger partial charge on any atom is -0.0876 e. The highest BCUT2D eigenvalue weighted by molar-refractivity contribution is 14.1. The normalized spacial score (nSPS) is 10.8. The largest absolute Gasteiger partial charge is 0.0876 e. The first kappa shape index (κ1) is 10.9. The van der Waals surface area contributed by atoms with Crippen LogP contribution in [0, 0.1) is 3.57 Å². The SMILES string of the molecule is BrCc1ccc2c(Br)c(I)ccc2c1. The van der Waals surface area contributed by atoms with Gasteiger partial charge in [-0.15, -0.1) is 0 Å². The fourth-order valence-electron chi connectivity index (χ4n) is 1.40. The predicted molar refractivity (Wildman–Crippen MR) is 77.0 cm³/mol. The molecule has 0 bridgehead atoms. The van der Waals surface area contributed by atoms with Crippen LogP contribution in [0.1, 0.15) is 5.56 Å². The highest BCUT2D eigenvalue weighted by Crippen LogP contribution is 2.29. The molecule has 0 nitrogen and oxygen atoms in total. The molecule has 0 atom stereocenters. The van der Waals surface area contributed by atoms with Crippen LogP contribution in [0.25, 0.3) is 10.8 Å². The highest BCUT2D eigenvalue weighted by Gasteiger charge is 2.02. The van der Waals surface area contributed by atoms with E-state index in [0.717, 1.165) is 5.33 Å². The van der Waals surface area contributed by atoms with Gasteiger partial charge in [-0.05, 0) is 60.9 Å². The standard InChI is InChI=1S/C11H7Br2I/c12-6-7-1-3-9-8(5-7)2-4-10(14)11(9)13/h1-5H,6H2. The molecule has 3 heteroatoms. The Morgan fingerprint density at radius 3 is 2.64 bits per heavy atom. The van der Waals surface area contributed by atoms with Crippen LogP contribution in [0.2, 0.25) is 0 Å². The van der Waals surface area contributed by atoms with Crippen LogP contribution in [0.4, 0.5) is 0 Å². The molecule has 0 aromatic heterocycles. The number of fused-ring (bicyclic) bond motifs is 1. The molecule has 0 aliphatic heterocycles. The summed E-state index contributed by atoms with van der Waals surface area (Å²) in [5.74, 6) is 0. The number of benzene rings is 2. The van der Waals surface area contributed by atoms with E-state index in [0.29, 0.717) is 0 Å². The molecule has 2 rings (SSSR count). The van der Waals surface area contributed by atoms with Crippen LogP contribution in [0.3, 0.4) is 0 Å². The second-order valence-electron chi connectivity index (χ2n) is 3.05. The third-order valence-electron chi connectivity index (χ3n) is 2.13. The van der Waals surface area contributed by atoms with E-state index < -0.39 is 0 Å². The van der Waals surface area contributed by atoms with Gasteiger partial charge in [0.2, 0.25) is 0 Å². The smallest absolute Gasteiger partial charge is 0.0387 e. The molecule has 0 unspecified atom stereocenters. The van der Waals surface area contributed by atoms with Crippen molar-refractivity contribution < 1.29 is 0 Å². The van der Waals surface area contributed by atoms with E-state index in [2.05, 4.69) is 84.8 Å². The molecule has 0 saturated carbocycles. The van der Waals surface area contributed by atoms with Gasteiger partial charge in [0.1, 0.15) is 0 Å². The number of alkyl halides is 1. The number of hydrogen-bond acceptors (Lipinski definition) is 0. The van der Waals surface area contributed by atoms with Gasteiger partial charge in [0.15, 0.2) is 0 Å². The van der Waals surface area contributed by atoms with Gasteiger partial charge in [0, 0.05) is 13.4 Å². The second-order valence-corrected chi connectivity index (χ2v) is 5.57. The van der Waals surface area contributed by atoms with Gasteiger partial charge in [-0.1, -0.05) is 40.2 Å². The zero-order chi connectivity index (χ0) is 10.1. The molecule has 0 aliphatic rings. The molecule has 0 heterocycles. The topological polar surface area (TPSA) is 0 Å². The van der Waals surface area contributed by atoms with Gasteiger partial charge < -0.3 is 0 Å². The van der Waals surface area contributed by atoms with Crippen molar-refractivity contribution in [2.24, 2.45) is 0 Å². The molecule has 14 heavy (non-hydrogen) atoms. The molecule has 0 fully saturated rings. The van der Waals surface area contributed by atoms with E-state index in [1.807, 2.05) is 0 Å². The van der Waals surface area contributed by atoms with Gasteiger partial charge in [0.05, 0.1) is 0 Å². The average molecular weight is 426 g/mol. The summed E-state index contributed by atoms with van der Waals surface area (Å²) < 4.78 is 2.44. The Kier molecular flexibility index (Phi) is 3.50. The van der Waals surface area contributed by atoms with Crippen molar-refractivity contribution in [3.63, 3.8) is 0 Å². The third kappa shape index (κ3) is 1.99. The number of halogens is 3. The number of hydrogen-bond donors (Lipinski definition) is 0. The molecule has 0 spiro atoms. The van der Waals surface area contributed by atoms with Crippen molar-refractivity contribution in [2.75, 3.05) is 0 Å². The summed E-state index contributed by atoms with van der Waals surface area (Å²) in [5, 5.41) is 3.47. The van der Waals surface area contributed by atoms with E-state index in [1.54, 1.807) is 0 Å². The molecule has 0 aliphatic carbocycles. The van der Waals surface area contributed by atoms with Crippen LogP contribution in [0.5, 0.6) is 0 Å². The quantitative estimate of drug-likeness (QED) is 0.440. The molecule has 2 aromatic carbocycles. The van der Waals surface area contributed by atoms with Crippen LogP contribution >= 0.6 is 54.5 Å². The Morgan fingerprint density at radius 1 is 1.14 bits per heavy atom. The van der Waals surface area contributed by atoms with Gasteiger partial charge >= 0.3 is 0 Å². The molecule has 0 saturated heterocycles. The Labute approximate surface area is 113 Å². The molecule has 0 radical (unpaired) electrons. The van der Waals surface area contributed by atoms with Crippen molar-refractivity contribution >= 4 is 65.2 Å². The minimum absolute atomic E-state index is 0.909. The summed E-state index contributed by atoms with van der Waals surface area (Å²) in [5.41, 5.74) is 1.31. The van der Waals surface area contributed by atoms with Gasteiger partial charge in [-0.3, -0.25) is 0 Å². The summed E-state index contributed by atoms with van der Waals surface area (Å²) in [6, 6.07) is 10.8. The lowest BCUT2D eigenvalue weighted by molar-refractivity contribution is 1.46. The summed E-state index contributed by atoms with van der Waals surface area (Å²) >= 11 is 9.41. The van der Waals surface area contributed by atoms with E-state index in [-0.39, 0.29) is 0 Å². The Hall–Kier alpha value is 0.390. The van der Waals surface area contributed by atoms with E-state index >= 15 is 0 Å². The predicted octanol–water partition coefficient (Wildman–Crippen LogP) is 5.10. The van der Waals surface area contributed by atoms with E-state index in [1.165, 1.54) is 24.4 Å². The maximum absolute atomic E-state index is 3.61. The lowest BCUT2D eigenvalue weighted by Gasteiger charge is -2.04. The summed E-state index contributed by atoms with van der Waals surface area (Å²) in [4.78, 5) is 0. The molecular weight excluding hydrogens is 419 g/mol. The van der Waals surface area contributed by atoms with Gasteiger partial charge in [-0.25, -0.2) is 0 Å². The van der Waals surface area contributed by atoms with Crippen molar-refractivity contribution in [3.8, 4) is 0 Å². The molecule has 0 amide bonds. The van der Waals surface area contributed by atoms with Gasteiger partial charge in [0.25, 0.3) is 0 Å². The minimum atomic E-state index is 0.909. The first-order valence-electron chi connectivity index (χ1n) is 4.15. The third-order valence-corrected chi connectivity index (χ3v) is 5.27. The molecular formula is C11H7Br2I. The first-order chi connectivity index (χ1) is 6.72. The zero-order valence-corrected chi connectivity index (χ0v) is 12.6. The van der Waals surface area contributed by atoms with E-state index in [4.69, 9.17) is 0 Å². The van der Waals surface area contributed by atoms with Crippen molar-refractivity contribution in [3.05, 3.63) is 43.9 Å². The summed E-state index contributed by atoms with van der Waals surface area (Å²) in [7, 11) is 0. The maximum atomic E-state index is 3.61. The van der Waals surface area contributed by atoms with Crippen LogP contribution < -0.4 is 0 Å². The van der Waals surface area contributed by atoms with Crippen molar-refractivity contribution in [1.29, 1.82) is 0 Å². The van der Waals surface area contributed by atoms with Crippen LogP contribution in [-0.2, 0) is 5.33 Å². The summed E-state index contributed by atoms with van der Waals surface area (Å²) in [6.45, 7) is 0. The maximum Gasteiger partial charge on any atom is 0.0387 e. The van der Waals surface area contributed by atoms with Crippen LogP contribution in [0.15, 0.2) is 34.8 Å². The van der Waals surface area contributed by atoms with E-state index in [9.17, 15) is 0 Å². The average Bonchev–Trinajstić information content (AvgIpc) is 2.23. The summed E-state index contributed by atoms with van der Waals surface area (Å²) in [6.07, 6.45) is 0. The highest BCUT2D eigenvalue weighted by atomic mass is 127. The Morgan fingerprint density at radius 2 is 1.93 bits per heavy atom. The lowest BCUT2D eigenvalue weighted by Crippen LogP contribution is -1.82. The van der Waals surface area contributed by atoms with Crippen molar-refractivity contribution in [2.45, 2.75) is 5.33 Å². The first-order valence-corrected chi connectivity index (χ1v) is 7.14. The fourth-order valence-corrected chi connectivity index (χ4v) is 2.71. The fraction of sp³-hybridized carbons (Fsp3) is 0.0909. The zero-order valence-electron chi connectivity index (χ0n) is 7.23.